The highest BCUT2D eigenvalue weighted by molar-refractivity contribution is 9.10. The van der Waals surface area contributed by atoms with Crippen LogP contribution in [-0.4, -0.2) is 27.1 Å². The minimum absolute atomic E-state index is 0.0130. The number of anilines is 2. The van der Waals surface area contributed by atoms with Crippen LogP contribution in [0, 0.1) is 0 Å². The van der Waals surface area contributed by atoms with Gasteiger partial charge in [-0.15, -0.1) is 0 Å². The number of hydrogen-bond donors (Lipinski definition) is 2. The van der Waals surface area contributed by atoms with E-state index in [1.54, 1.807) is 24.4 Å². The summed E-state index contributed by atoms with van der Waals surface area (Å²) < 4.78 is 5.99. The van der Waals surface area contributed by atoms with E-state index in [4.69, 9.17) is 9.84 Å². The van der Waals surface area contributed by atoms with E-state index in [1.807, 2.05) is 13.8 Å². The molecular formula is C14H14BrN3O3. The van der Waals surface area contributed by atoms with E-state index >= 15 is 0 Å². The van der Waals surface area contributed by atoms with Crippen LogP contribution in [-0.2, 0) is 0 Å². The minimum Gasteiger partial charge on any atom is -0.478 e. The molecule has 0 saturated heterocycles. The van der Waals surface area contributed by atoms with Gasteiger partial charge in [-0.2, -0.15) is 4.98 Å². The lowest BCUT2D eigenvalue weighted by molar-refractivity contribution is 0.0696. The number of ether oxygens (including phenoxy) is 1. The molecule has 2 aromatic rings. The summed E-state index contributed by atoms with van der Waals surface area (Å²) in [7, 11) is 0. The number of carboxylic acids is 1. The number of hydrogen-bond acceptors (Lipinski definition) is 5. The van der Waals surface area contributed by atoms with E-state index < -0.39 is 5.97 Å². The van der Waals surface area contributed by atoms with Crippen LogP contribution in [0.15, 0.2) is 34.9 Å². The normalized spacial score (nSPS) is 10.5. The Morgan fingerprint density at radius 2 is 2.14 bits per heavy atom. The predicted molar refractivity (Wildman–Crippen MR) is 82.2 cm³/mol. The molecule has 0 fully saturated rings. The lowest BCUT2D eigenvalue weighted by Crippen LogP contribution is -2.08. The standard InChI is InChI=1S/C14H14BrN3O3/c1-8(2)21-12-5-6-16-14(18-12)17-9-3-4-11(15)10(7-9)13(19)20/h3-8H,1-2H3,(H,19,20)(H,16,17,18). The quantitative estimate of drug-likeness (QED) is 0.857. The first-order valence-electron chi connectivity index (χ1n) is 6.25. The van der Waals surface area contributed by atoms with E-state index in [1.165, 1.54) is 6.07 Å². The van der Waals surface area contributed by atoms with Crippen molar-refractivity contribution in [1.82, 2.24) is 9.97 Å². The molecule has 0 radical (unpaired) electrons. The molecule has 0 amide bonds. The number of carbonyl (C=O) groups is 1. The Bertz CT molecular complexity index is 662. The number of halogens is 1. The number of aromatic nitrogens is 2. The summed E-state index contributed by atoms with van der Waals surface area (Å²) in [6.07, 6.45) is 1.59. The summed E-state index contributed by atoms with van der Waals surface area (Å²) in [4.78, 5) is 19.4. The molecule has 0 aliphatic carbocycles. The van der Waals surface area contributed by atoms with E-state index in [-0.39, 0.29) is 11.7 Å². The SMILES string of the molecule is CC(C)Oc1ccnc(Nc2ccc(Br)c(C(=O)O)c2)n1. The van der Waals surface area contributed by atoms with Gasteiger partial charge in [-0.25, -0.2) is 9.78 Å². The number of carboxylic acid groups (broad SMARTS) is 1. The van der Waals surface area contributed by atoms with Gasteiger partial charge in [0.2, 0.25) is 11.8 Å². The van der Waals surface area contributed by atoms with E-state index in [0.29, 0.717) is 22.0 Å². The first kappa shape index (κ1) is 15.2. The van der Waals surface area contributed by atoms with Crippen molar-refractivity contribution in [2.45, 2.75) is 20.0 Å². The highest BCUT2D eigenvalue weighted by Gasteiger charge is 2.10. The first-order chi connectivity index (χ1) is 9.95. The Morgan fingerprint density at radius 3 is 2.81 bits per heavy atom. The zero-order valence-electron chi connectivity index (χ0n) is 11.5. The molecule has 2 rings (SSSR count). The summed E-state index contributed by atoms with van der Waals surface area (Å²) in [6.45, 7) is 3.81. The molecule has 1 aromatic carbocycles. The number of benzene rings is 1. The van der Waals surface area contributed by atoms with Crippen LogP contribution in [0.4, 0.5) is 11.6 Å². The molecule has 0 bridgehead atoms. The summed E-state index contributed by atoms with van der Waals surface area (Å²) >= 11 is 3.20. The first-order valence-corrected chi connectivity index (χ1v) is 7.04. The van der Waals surface area contributed by atoms with Crippen LogP contribution in [0.25, 0.3) is 0 Å². The number of nitrogens with one attached hydrogen (secondary N) is 1. The molecule has 0 aliphatic heterocycles. The van der Waals surface area contributed by atoms with Crippen LogP contribution in [0.5, 0.6) is 5.88 Å². The Balaban J connectivity index is 2.22. The minimum atomic E-state index is -1.01. The molecule has 1 heterocycles. The maximum Gasteiger partial charge on any atom is 0.336 e. The van der Waals surface area contributed by atoms with Crippen LogP contribution in [0.3, 0.4) is 0 Å². The van der Waals surface area contributed by atoms with Gasteiger partial charge in [0.25, 0.3) is 0 Å². The second kappa shape index (κ2) is 6.53. The van der Waals surface area contributed by atoms with Crippen LogP contribution >= 0.6 is 15.9 Å². The fraction of sp³-hybridized carbons (Fsp3) is 0.214. The van der Waals surface area contributed by atoms with Gasteiger partial charge in [0, 0.05) is 22.4 Å². The van der Waals surface area contributed by atoms with E-state index in [9.17, 15) is 4.79 Å². The van der Waals surface area contributed by atoms with Crippen molar-refractivity contribution in [2.75, 3.05) is 5.32 Å². The zero-order chi connectivity index (χ0) is 15.4. The van der Waals surface area contributed by atoms with Crippen molar-refractivity contribution in [1.29, 1.82) is 0 Å². The van der Waals surface area contributed by atoms with Gasteiger partial charge >= 0.3 is 5.97 Å². The van der Waals surface area contributed by atoms with Crippen molar-refractivity contribution in [3.8, 4) is 5.88 Å². The highest BCUT2D eigenvalue weighted by atomic mass is 79.9. The second-order valence-corrected chi connectivity index (χ2v) is 5.36. The average Bonchev–Trinajstić information content (AvgIpc) is 2.40. The number of nitrogens with zero attached hydrogens (tertiary/aromatic N) is 2. The molecule has 7 heteroatoms. The Labute approximate surface area is 130 Å². The van der Waals surface area contributed by atoms with Crippen molar-refractivity contribution in [2.24, 2.45) is 0 Å². The lowest BCUT2D eigenvalue weighted by Gasteiger charge is -2.10. The third-order valence-corrected chi connectivity index (χ3v) is 3.13. The van der Waals surface area contributed by atoms with E-state index in [0.717, 1.165) is 0 Å². The molecule has 21 heavy (non-hydrogen) atoms. The summed E-state index contributed by atoms with van der Waals surface area (Å²) in [5, 5.41) is 12.0. The summed E-state index contributed by atoms with van der Waals surface area (Å²) in [5.74, 6) is -0.215. The maximum absolute atomic E-state index is 11.1. The summed E-state index contributed by atoms with van der Waals surface area (Å²) in [6, 6.07) is 6.55. The van der Waals surface area contributed by atoms with Gasteiger partial charge in [-0.3, -0.25) is 0 Å². The van der Waals surface area contributed by atoms with Gasteiger partial charge in [0.05, 0.1) is 11.7 Å². The monoisotopic (exact) mass is 351 g/mol. The van der Waals surface area contributed by atoms with Crippen LogP contribution in [0.2, 0.25) is 0 Å². The van der Waals surface area contributed by atoms with E-state index in [2.05, 4.69) is 31.2 Å². The molecule has 110 valence electrons. The largest absolute Gasteiger partial charge is 0.478 e. The van der Waals surface area contributed by atoms with Gasteiger partial charge in [-0.05, 0) is 48.0 Å². The molecule has 0 atom stereocenters. The molecule has 0 saturated carbocycles. The fourth-order valence-corrected chi connectivity index (χ4v) is 2.02. The maximum atomic E-state index is 11.1. The Hall–Kier alpha value is -2.15. The molecule has 1 aromatic heterocycles. The molecule has 0 spiro atoms. The summed E-state index contributed by atoms with van der Waals surface area (Å²) in [5.41, 5.74) is 0.742. The van der Waals surface area contributed by atoms with Crippen molar-refractivity contribution < 1.29 is 14.6 Å². The van der Waals surface area contributed by atoms with Gasteiger partial charge < -0.3 is 15.2 Å². The zero-order valence-corrected chi connectivity index (χ0v) is 13.1. The van der Waals surface area contributed by atoms with Crippen molar-refractivity contribution >= 4 is 33.5 Å². The Morgan fingerprint density at radius 1 is 1.38 bits per heavy atom. The highest BCUT2D eigenvalue weighted by Crippen LogP contribution is 2.23. The lowest BCUT2D eigenvalue weighted by atomic mass is 10.2. The third-order valence-electron chi connectivity index (χ3n) is 2.44. The fourth-order valence-electron chi connectivity index (χ4n) is 1.61. The molecule has 2 N–H and O–H groups in total. The molecular weight excluding hydrogens is 338 g/mol. The van der Waals surface area contributed by atoms with Gasteiger partial charge in [0.1, 0.15) is 0 Å². The predicted octanol–water partition coefficient (Wildman–Crippen LogP) is 3.47. The molecule has 0 aliphatic rings. The van der Waals surface area contributed by atoms with Crippen molar-refractivity contribution in [3.63, 3.8) is 0 Å². The Kier molecular flexibility index (Phi) is 4.74. The smallest absolute Gasteiger partial charge is 0.336 e. The molecule has 6 nitrogen and oxygen atoms in total. The van der Waals surface area contributed by atoms with Crippen LogP contribution in [0.1, 0.15) is 24.2 Å². The second-order valence-electron chi connectivity index (χ2n) is 4.51. The topological polar surface area (TPSA) is 84.3 Å². The average molecular weight is 352 g/mol. The molecule has 0 unspecified atom stereocenters. The van der Waals surface area contributed by atoms with Gasteiger partial charge in [-0.1, -0.05) is 0 Å². The third kappa shape index (κ3) is 4.16. The number of rotatable bonds is 5. The van der Waals surface area contributed by atoms with Gasteiger partial charge in [0.15, 0.2) is 0 Å². The number of aromatic carboxylic acids is 1. The van der Waals surface area contributed by atoms with Crippen LogP contribution < -0.4 is 10.1 Å². The van der Waals surface area contributed by atoms with Crippen molar-refractivity contribution in [3.05, 3.63) is 40.5 Å².